The number of nitrogens with zero attached hydrogens (tertiary/aromatic N) is 12. The van der Waals surface area contributed by atoms with Gasteiger partial charge < -0.3 is 33.9 Å². The Morgan fingerprint density at radius 3 is 1.45 bits per heavy atom. The van der Waals surface area contributed by atoms with Crippen LogP contribution in [0.15, 0.2) is 92.9 Å². The highest BCUT2D eigenvalue weighted by Gasteiger charge is 2.58. The smallest absolute Gasteiger partial charge is 0.411 e. The van der Waals surface area contributed by atoms with Crippen LogP contribution >= 0.6 is 0 Å². The highest BCUT2D eigenvalue weighted by molar-refractivity contribution is 5.74. The summed E-state index contributed by atoms with van der Waals surface area (Å²) in [4.78, 5) is 88.1. The number of aliphatic hydroxyl groups is 1. The van der Waals surface area contributed by atoms with Crippen molar-refractivity contribution in [1.82, 2.24) is 58.6 Å². The van der Waals surface area contributed by atoms with E-state index < -0.39 is 54.0 Å². The van der Waals surface area contributed by atoms with Crippen LogP contribution < -0.4 is 11.1 Å². The Balaban J connectivity index is 0.000000217. The third-order valence-electron chi connectivity index (χ3n) is 11.5. The van der Waals surface area contributed by atoms with Gasteiger partial charge in [-0.05, 0) is 17.5 Å². The van der Waals surface area contributed by atoms with E-state index in [1.807, 2.05) is 81.7 Å². The first kappa shape index (κ1) is 50.9. The molecule has 4 saturated heterocycles. The van der Waals surface area contributed by atoms with Crippen LogP contribution in [0.25, 0.3) is 22.3 Å². The van der Waals surface area contributed by atoms with Gasteiger partial charge in [0.25, 0.3) is 11.1 Å². The Morgan fingerprint density at radius 1 is 0.652 bits per heavy atom. The molecule has 8 atom stereocenters. The van der Waals surface area contributed by atoms with Gasteiger partial charge in [-0.2, -0.15) is 9.97 Å². The largest absolute Gasteiger partial charge is 0.439 e. The zero-order valence-electron chi connectivity index (χ0n) is 36.6. The van der Waals surface area contributed by atoms with Crippen LogP contribution in [0.3, 0.4) is 0 Å². The number of ether oxygens (including phenoxy) is 4. The van der Waals surface area contributed by atoms with Gasteiger partial charge in [-0.3, -0.25) is 38.5 Å². The lowest BCUT2D eigenvalue weighted by atomic mass is 10.0. The van der Waals surface area contributed by atoms with Gasteiger partial charge in [-0.15, -0.1) is 0 Å². The molecule has 0 spiro atoms. The first-order chi connectivity index (χ1) is 31.9. The minimum atomic E-state index is -0.818. The molecular formula is C46H60N14O9. The van der Waals surface area contributed by atoms with E-state index in [-0.39, 0.29) is 75.7 Å². The summed E-state index contributed by atoms with van der Waals surface area (Å²) in [6, 6.07) is 18.5. The van der Waals surface area contributed by atoms with Crippen molar-refractivity contribution in [2.45, 2.75) is 97.7 Å². The fourth-order valence-electron chi connectivity index (χ4n) is 8.56. The van der Waals surface area contributed by atoms with Crippen LogP contribution in [0, 0.1) is 0 Å². The summed E-state index contributed by atoms with van der Waals surface area (Å²) < 4.78 is 27.1. The van der Waals surface area contributed by atoms with E-state index in [4.69, 9.17) is 18.9 Å². The number of benzene rings is 2. The van der Waals surface area contributed by atoms with Gasteiger partial charge in [-0.25, -0.2) is 29.5 Å². The number of aromatic nitrogens is 8. The summed E-state index contributed by atoms with van der Waals surface area (Å²) in [6.45, 7) is 2.45. The van der Waals surface area contributed by atoms with E-state index in [0.717, 1.165) is 11.1 Å². The predicted molar refractivity (Wildman–Crippen MR) is 257 cm³/mol. The molecular weight excluding hydrogens is 893 g/mol. The first-order valence-corrected chi connectivity index (χ1v) is 21.2. The molecule has 2 aromatic carbocycles. The van der Waals surface area contributed by atoms with E-state index in [9.17, 15) is 24.3 Å². The van der Waals surface area contributed by atoms with Crippen LogP contribution in [-0.4, -0.2) is 160 Å². The Morgan fingerprint density at radius 2 is 1.06 bits per heavy atom. The molecule has 2 amide bonds. The van der Waals surface area contributed by atoms with Gasteiger partial charge in [0.15, 0.2) is 47.0 Å². The number of rotatable bonds is 12. The highest BCUT2D eigenvalue weighted by Crippen LogP contribution is 2.43. The molecule has 23 heteroatoms. The number of imidazole rings is 2. The number of hydrogen-bond acceptors (Lipinski definition) is 15. The van der Waals surface area contributed by atoms with Gasteiger partial charge in [0.2, 0.25) is 11.9 Å². The average molecular weight is 953 g/mol. The number of carbonyl (C=O) groups is 2. The maximum atomic E-state index is 12.8. The summed E-state index contributed by atoms with van der Waals surface area (Å²) in [6.07, 6.45) is 2.12. The van der Waals surface area contributed by atoms with E-state index >= 15 is 0 Å². The number of aliphatic hydroxyl groups excluding tert-OH is 1. The number of aromatic amines is 2. The summed E-state index contributed by atoms with van der Waals surface area (Å²) in [5.41, 5.74) is 1.93. The van der Waals surface area contributed by atoms with E-state index in [1.165, 1.54) is 19.0 Å². The molecule has 23 nitrogen and oxygen atoms in total. The monoisotopic (exact) mass is 952 g/mol. The molecule has 4 aliphatic heterocycles. The van der Waals surface area contributed by atoms with Crippen LogP contribution in [0.5, 0.6) is 0 Å². The number of nitrogens with one attached hydrogen (secondary N) is 2. The third-order valence-corrected chi connectivity index (χ3v) is 11.5. The third kappa shape index (κ3) is 9.92. The number of hydrogen-bond donors (Lipinski definition) is 3. The zero-order valence-corrected chi connectivity index (χ0v) is 36.6. The van der Waals surface area contributed by atoms with E-state index in [2.05, 4.69) is 39.9 Å². The maximum Gasteiger partial charge on any atom is 0.411 e. The highest BCUT2D eigenvalue weighted by atomic mass is 16.6. The fourth-order valence-corrected chi connectivity index (χ4v) is 8.56. The van der Waals surface area contributed by atoms with Crippen molar-refractivity contribution in [3.63, 3.8) is 0 Å². The molecule has 10 rings (SSSR count). The van der Waals surface area contributed by atoms with Crippen LogP contribution in [-0.2, 0) is 32.0 Å². The molecule has 0 aliphatic carbocycles. The Hall–Kier alpha value is -7.50. The lowest BCUT2D eigenvalue weighted by Crippen LogP contribution is -2.42. The number of fused-ring (bicyclic) bond motifs is 4. The van der Waals surface area contributed by atoms with Crippen molar-refractivity contribution >= 4 is 59.1 Å². The number of H-pyrrole nitrogens is 2. The molecule has 0 radical (unpaired) electrons. The van der Waals surface area contributed by atoms with Crippen molar-refractivity contribution in [3.05, 3.63) is 105 Å². The standard InChI is InChI=1S/C22H25N7O4.C21H23N7O5.3CH4/c1-4-14-16-17(33-22(31)28(16)10-13-8-6-5-7-9-13)20(32-14)29-12-23-15-18(29)25-21(26-19(15)30)24-11-27(2)3;1-26(2)10-23-20-24-17-14(18(30)25-20)22-11-28(17)19-16-15(13(9-29)32-19)27(21(31)33-16)8-12-6-4-3-5-7-12;;;/h5-9,11-12,14,16-17,20H,4,10H2,1-3H3,(H,25,26,30);3-7,10-11,13,15-16,19,29H,8-9H2,1-2H3,(H,24,25,30);3*1H4/t14-,16-,17-,20-;13-,15-,16-,19-;;;/m11.../s1. The number of amides is 2. The lowest BCUT2D eigenvalue weighted by molar-refractivity contribution is -0.0609. The molecule has 0 unspecified atom stereocenters. The number of carbonyl (C=O) groups excluding carboxylic acids is 2. The molecule has 4 fully saturated rings. The Bertz CT molecular complexity index is 2700. The normalized spacial score (nSPS) is 23.5. The van der Waals surface area contributed by atoms with Gasteiger partial charge >= 0.3 is 12.2 Å². The van der Waals surface area contributed by atoms with Gasteiger partial charge in [0.05, 0.1) is 38.0 Å². The van der Waals surface area contributed by atoms with E-state index in [0.29, 0.717) is 25.2 Å². The summed E-state index contributed by atoms with van der Waals surface area (Å²) >= 11 is 0. The quantitative estimate of drug-likeness (QED) is 0.112. The second kappa shape index (κ2) is 21.2. The van der Waals surface area contributed by atoms with Gasteiger partial charge in [0, 0.05) is 41.3 Å². The summed E-state index contributed by atoms with van der Waals surface area (Å²) in [7, 11) is 7.22. The molecule has 368 valence electrons. The van der Waals surface area contributed by atoms with Crippen LogP contribution in [0.2, 0.25) is 0 Å². The second-order valence-electron chi connectivity index (χ2n) is 16.5. The molecule has 6 aromatic rings. The van der Waals surface area contributed by atoms with Crippen molar-refractivity contribution in [2.75, 3.05) is 34.8 Å². The van der Waals surface area contributed by atoms with Crippen molar-refractivity contribution in [2.24, 2.45) is 9.98 Å². The van der Waals surface area contributed by atoms with Crippen LogP contribution in [0.4, 0.5) is 21.5 Å². The minimum absolute atomic E-state index is 0. The first-order valence-electron chi connectivity index (χ1n) is 21.2. The SMILES string of the molecule is C.C.C.CC[C@H]1O[C@@H](n2cnc3c(=O)[nH]c(N=CN(C)C)nc32)[C@@H]2OC(=O)N(Cc3ccccc3)[C@@H]21.CN(C)C=Nc1nc2c(ncn2[C@@H]2O[C@H](CO)[C@@H]3[C@H]2OC(=O)N3Cc2ccccc2)c(=O)[nH]1. The molecule has 3 N–H and O–H groups in total. The average Bonchev–Trinajstić information content (AvgIpc) is 4.17. The Labute approximate surface area is 398 Å². The summed E-state index contributed by atoms with van der Waals surface area (Å²) in [5, 5.41) is 9.98. The van der Waals surface area contributed by atoms with Gasteiger partial charge in [0.1, 0.15) is 18.2 Å². The topological polar surface area (TPSA) is 256 Å². The summed E-state index contributed by atoms with van der Waals surface area (Å²) in [5.74, 6) is 0.254. The molecule has 4 aliphatic rings. The molecule has 0 bridgehead atoms. The molecule has 69 heavy (non-hydrogen) atoms. The molecule has 8 heterocycles. The lowest BCUT2D eigenvalue weighted by Gasteiger charge is -2.24. The van der Waals surface area contributed by atoms with Gasteiger partial charge in [-0.1, -0.05) is 89.9 Å². The molecule has 4 aromatic heterocycles. The maximum absolute atomic E-state index is 12.8. The fraction of sp³-hybridized carbons (Fsp3) is 0.435. The second-order valence-corrected chi connectivity index (χ2v) is 16.5. The number of aliphatic imine (C=N–C) groups is 2. The van der Waals surface area contributed by atoms with Crippen LogP contribution in [0.1, 0.15) is 59.2 Å². The van der Waals surface area contributed by atoms with Crippen molar-refractivity contribution in [3.8, 4) is 0 Å². The predicted octanol–water partition coefficient (Wildman–Crippen LogP) is 4.57. The molecule has 0 saturated carbocycles. The van der Waals surface area contributed by atoms with Crippen molar-refractivity contribution < 1.29 is 33.6 Å². The zero-order chi connectivity index (χ0) is 46.2. The van der Waals surface area contributed by atoms with Crippen molar-refractivity contribution in [1.29, 1.82) is 0 Å². The van der Waals surface area contributed by atoms with E-state index in [1.54, 1.807) is 49.2 Å². The minimum Gasteiger partial charge on any atom is -0.439 e. The Kier molecular flexibility index (Phi) is 15.6.